The topological polar surface area (TPSA) is 50.2 Å². The summed E-state index contributed by atoms with van der Waals surface area (Å²) in [5.41, 5.74) is 4.01. The summed E-state index contributed by atoms with van der Waals surface area (Å²) in [6.45, 7) is 2.84. The average Bonchev–Trinajstić information content (AvgIpc) is 2.85. The van der Waals surface area contributed by atoms with Crippen molar-refractivity contribution in [3.63, 3.8) is 0 Å². The number of nitrogens with one attached hydrogen (secondary N) is 1. The summed E-state index contributed by atoms with van der Waals surface area (Å²) in [6, 6.07) is 7.54. The van der Waals surface area contributed by atoms with Gasteiger partial charge in [-0.25, -0.2) is 0 Å². The SMILES string of the molecule is CCc1nn(C)cc1CNc1ccc(C(=O)N(C)C)cc1. The maximum atomic E-state index is 11.8. The minimum Gasteiger partial charge on any atom is -0.381 e. The van der Waals surface area contributed by atoms with Crippen LogP contribution in [0.4, 0.5) is 5.69 Å². The number of amides is 1. The molecule has 0 atom stereocenters. The zero-order valence-corrected chi connectivity index (χ0v) is 13.1. The lowest BCUT2D eigenvalue weighted by Crippen LogP contribution is -2.21. The highest BCUT2D eigenvalue weighted by molar-refractivity contribution is 5.94. The molecule has 2 rings (SSSR count). The van der Waals surface area contributed by atoms with Crippen LogP contribution in [0, 0.1) is 0 Å². The molecule has 0 spiro atoms. The second-order valence-corrected chi connectivity index (χ2v) is 5.26. The molecule has 112 valence electrons. The Labute approximate surface area is 125 Å². The quantitative estimate of drug-likeness (QED) is 0.917. The molecule has 0 unspecified atom stereocenters. The number of aryl methyl sites for hydroxylation is 2. The molecule has 0 aliphatic rings. The van der Waals surface area contributed by atoms with Gasteiger partial charge in [-0.3, -0.25) is 9.48 Å². The van der Waals surface area contributed by atoms with Gasteiger partial charge in [0, 0.05) is 50.7 Å². The van der Waals surface area contributed by atoms with E-state index in [2.05, 4.69) is 17.3 Å². The van der Waals surface area contributed by atoms with Crippen molar-refractivity contribution in [3.8, 4) is 0 Å². The van der Waals surface area contributed by atoms with Crippen LogP contribution < -0.4 is 5.32 Å². The van der Waals surface area contributed by atoms with Crippen LogP contribution in [-0.4, -0.2) is 34.7 Å². The predicted molar refractivity (Wildman–Crippen MR) is 84.4 cm³/mol. The van der Waals surface area contributed by atoms with Crippen molar-refractivity contribution in [2.45, 2.75) is 19.9 Å². The van der Waals surface area contributed by atoms with E-state index in [1.54, 1.807) is 19.0 Å². The molecule has 1 aromatic heterocycles. The second kappa shape index (κ2) is 6.43. The van der Waals surface area contributed by atoms with Crippen molar-refractivity contribution >= 4 is 11.6 Å². The van der Waals surface area contributed by atoms with Gasteiger partial charge >= 0.3 is 0 Å². The number of hydrogen-bond donors (Lipinski definition) is 1. The summed E-state index contributed by atoms with van der Waals surface area (Å²) < 4.78 is 1.84. The maximum Gasteiger partial charge on any atom is 0.253 e. The number of carbonyl (C=O) groups is 1. The number of aromatic nitrogens is 2. The molecule has 1 amide bonds. The van der Waals surface area contributed by atoms with Gasteiger partial charge in [-0.2, -0.15) is 5.10 Å². The molecule has 5 heteroatoms. The molecular weight excluding hydrogens is 264 g/mol. The second-order valence-electron chi connectivity index (χ2n) is 5.26. The van der Waals surface area contributed by atoms with E-state index in [4.69, 9.17) is 0 Å². The molecule has 0 saturated carbocycles. The molecule has 1 N–H and O–H groups in total. The van der Waals surface area contributed by atoms with Crippen molar-refractivity contribution in [3.05, 3.63) is 47.3 Å². The Hall–Kier alpha value is -2.30. The standard InChI is InChI=1S/C16H22N4O/c1-5-15-13(11-20(4)18-15)10-17-14-8-6-12(7-9-14)16(21)19(2)3/h6-9,11,17H,5,10H2,1-4H3. The molecule has 0 aliphatic carbocycles. The third-order valence-corrected chi connectivity index (χ3v) is 3.35. The minimum absolute atomic E-state index is 0.0158. The van der Waals surface area contributed by atoms with E-state index < -0.39 is 0 Å². The van der Waals surface area contributed by atoms with Crippen LogP contribution in [0.3, 0.4) is 0 Å². The number of nitrogens with zero attached hydrogens (tertiary/aromatic N) is 3. The van der Waals surface area contributed by atoms with Crippen LogP contribution in [0.2, 0.25) is 0 Å². The summed E-state index contributed by atoms with van der Waals surface area (Å²) in [5.74, 6) is 0.0158. The first-order chi connectivity index (χ1) is 10.0. The molecule has 21 heavy (non-hydrogen) atoms. The van der Waals surface area contributed by atoms with Crippen molar-refractivity contribution in [2.75, 3.05) is 19.4 Å². The molecular formula is C16H22N4O. The molecule has 0 radical (unpaired) electrons. The molecule has 0 fully saturated rings. The average molecular weight is 286 g/mol. The van der Waals surface area contributed by atoms with E-state index in [0.717, 1.165) is 24.3 Å². The fraction of sp³-hybridized carbons (Fsp3) is 0.375. The molecule has 1 aromatic carbocycles. The van der Waals surface area contributed by atoms with Gasteiger partial charge in [0.05, 0.1) is 5.69 Å². The van der Waals surface area contributed by atoms with Gasteiger partial charge in [0.2, 0.25) is 0 Å². The van der Waals surface area contributed by atoms with Crippen LogP contribution in [0.25, 0.3) is 0 Å². The summed E-state index contributed by atoms with van der Waals surface area (Å²) in [6.07, 6.45) is 2.96. The van der Waals surface area contributed by atoms with E-state index in [1.807, 2.05) is 42.2 Å². The van der Waals surface area contributed by atoms with E-state index in [0.29, 0.717) is 5.56 Å². The first kappa shape index (κ1) is 15.1. The summed E-state index contributed by atoms with van der Waals surface area (Å²) in [4.78, 5) is 13.4. The van der Waals surface area contributed by atoms with Crippen molar-refractivity contribution in [1.82, 2.24) is 14.7 Å². The molecule has 0 aliphatic heterocycles. The van der Waals surface area contributed by atoms with Crippen molar-refractivity contribution in [2.24, 2.45) is 7.05 Å². The lowest BCUT2D eigenvalue weighted by Gasteiger charge is -2.11. The van der Waals surface area contributed by atoms with Gasteiger partial charge in [-0.15, -0.1) is 0 Å². The fourth-order valence-electron chi connectivity index (χ4n) is 2.22. The number of rotatable bonds is 5. The Morgan fingerprint density at radius 2 is 1.95 bits per heavy atom. The largest absolute Gasteiger partial charge is 0.381 e. The molecule has 0 bridgehead atoms. The fourth-order valence-corrected chi connectivity index (χ4v) is 2.22. The van der Waals surface area contributed by atoms with Crippen LogP contribution >= 0.6 is 0 Å². The van der Waals surface area contributed by atoms with E-state index in [9.17, 15) is 4.79 Å². The first-order valence-corrected chi connectivity index (χ1v) is 7.08. The Bertz CT molecular complexity index is 614. The Morgan fingerprint density at radius 3 is 2.52 bits per heavy atom. The summed E-state index contributed by atoms with van der Waals surface area (Å²) >= 11 is 0. The number of benzene rings is 1. The monoisotopic (exact) mass is 286 g/mol. The normalized spacial score (nSPS) is 10.5. The number of carbonyl (C=O) groups excluding carboxylic acids is 1. The first-order valence-electron chi connectivity index (χ1n) is 7.08. The molecule has 1 heterocycles. The lowest BCUT2D eigenvalue weighted by molar-refractivity contribution is 0.0827. The van der Waals surface area contributed by atoms with E-state index >= 15 is 0 Å². The van der Waals surface area contributed by atoms with E-state index in [1.165, 1.54) is 5.56 Å². The molecule has 0 saturated heterocycles. The molecule has 5 nitrogen and oxygen atoms in total. The summed E-state index contributed by atoms with van der Waals surface area (Å²) in [5, 5.41) is 7.79. The van der Waals surface area contributed by atoms with Gasteiger partial charge in [-0.1, -0.05) is 6.92 Å². The maximum absolute atomic E-state index is 11.8. The lowest BCUT2D eigenvalue weighted by atomic mass is 10.1. The van der Waals surface area contributed by atoms with Gasteiger partial charge in [0.15, 0.2) is 0 Å². The smallest absolute Gasteiger partial charge is 0.253 e. The summed E-state index contributed by atoms with van der Waals surface area (Å²) in [7, 11) is 5.44. The zero-order chi connectivity index (χ0) is 15.4. The highest BCUT2D eigenvalue weighted by atomic mass is 16.2. The molecule has 2 aromatic rings. The zero-order valence-electron chi connectivity index (χ0n) is 13.1. The van der Waals surface area contributed by atoms with Crippen molar-refractivity contribution in [1.29, 1.82) is 0 Å². The van der Waals surface area contributed by atoms with Crippen LogP contribution in [0.15, 0.2) is 30.5 Å². The number of hydrogen-bond acceptors (Lipinski definition) is 3. The van der Waals surface area contributed by atoms with Crippen LogP contribution in [0.5, 0.6) is 0 Å². The van der Waals surface area contributed by atoms with Gasteiger partial charge in [0.1, 0.15) is 0 Å². The predicted octanol–water partition coefficient (Wildman–Crippen LogP) is 2.30. The van der Waals surface area contributed by atoms with E-state index in [-0.39, 0.29) is 5.91 Å². The minimum atomic E-state index is 0.0158. The van der Waals surface area contributed by atoms with Crippen molar-refractivity contribution < 1.29 is 4.79 Å². The highest BCUT2D eigenvalue weighted by Gasteiger charge is 2.08. The third kappa shape index (κ3) is 3.62. The third-order valence-electron chi connectivity index (χ3n) is 3.35. The Morgan fingerprint density at radius 1 is 1.29 bits per heavy atom. The Kier molecular flexibility index (Phi) is 4.62. The van der Waals surface area contributed by atoms with Gasteiger partial charge in [-0.05, 0) is 30.7 Å². The number of anilines is 1. The van der Waals surface area contributed by atoms with Gasteiger partial charge < -0.3 is 10.2 Å². The Balaban J connectivity index is 2.02. The van der Waals surface area contributed by atoms with Gasteiger partial charge in [0.25, 0.3) is 5.91 Å². The highest BCUT2D eigenvalue weighted by Crippen LogP contribution is 2.14. The van der Waals surface area contributed by atoms with Crippen LogP contribution in [-0.2, 0) is 20.0 Å². The van der Waals surface area contributed by atoms with Crippen LogP contribution in [0.1, 0.15) is 28.5 Å².